The molecule has 1 aliphatic heterocycles. The van der Waals surface area contributed by atoms with Crippen molar-refractivity contribution in [3.8, 4) is 0 Å². The Morgan fingerprint density at radius 1 is 1.26 bits per heavy atom. The quantitative estimate of drug-likeness (QED) is 0.819. The normalized spacial score (nSPS) is 16.3. The van der Waals surface area contributed by atoms with Gasteiger partial charge in [-0.05, 0) is 55.9 Å². The fourth-order valence-corrected chi connectivity index (χ4v) is 3.66. The maximum atomic E-state index is 12.0. The summed E-state index contributed by atoms with van der Waals surface area (Å²) in [6.45, 7) is 3.35. The number of rotatable bonds is 7. The summed E-state index contributed by atoms with van der Waals surface area (Å²) in [4.78, 5) is 15.7. The first kappa shape index (κ1) is 16.1. The SMILES string of the molecule is O=C(NCCc1cccs1)NC[C@H](c1ccco1)N1CCCC1. The van der Waals surface area contributed by atoms with Crippen molar-refractivity contribution in [2.75, 3.05) is 26.2 Å². The van der Waals surface area contributed by atoms with Gasteiger partial charge in [-0.2, -0.15) is 0 Å². The molecule has 1 saturated heterocycles. The Morgan fingerprint density at radius 2 is 2.13 bits per heavy atom. The van der Waals surface area contributed by atoms with E-state index in [4.69, 9.17) is 4.42 Å². The lowest BCUT2D eigenvalue weighted by molar-refractivity contribution is 0.203. The Labute approximate surface area is 140 Å². The fourth-order valence-electron chi connectivity index (χ4n) is 2.95. The summed E-state index contributed by atoms with van der Waals surface area (Å²) >= 11 is 1.72. The molecule has 2 N–H and O–H groups in total. The van der Waals surface area contributed by atoms with Gasteiger partial charge in [-0.1, -0.05) is 6.07 Å². The van der Waals surface area contributed by atoms with Crippen molar-refractivity contribution >= 4 is 17.4 Å². The molecular weight excluding hydrogens is 310 g/mol. The van der Waals surface area contributed by atoms with Gasteiger partial charge in [-0.3, -0.25) is 4.90 Å². The number of carbonyl (C=O) groups is 1. The Balaban J connectivity index is 1.45. The van der Waals surface area contributed by atoms with E-state index in [0.717, 1.165) is 25.3 Å². The number of nitrogens with zero attached hydrogens (tertiary/aromatic N) is 1. The molecule has 1 aliphatic rings. The van der Waals surface area contributed by atoms with Gasteiger partial charge in [0.1, 0.15) is 5.76 Å². The average molecular weight is 333 g/mol. The topological polar surface area (TPSA) is 57.5 Å². The first-order valence-electron chi connectivity index (χ1n) is 8.14. The molecular formula is C17H23N3O2S. The van der Waals surface area contributed by atoms with Gasteiger partial charge < -0.3 is 15.1 Å². The van der Waals surface area contributed by atoms with Crippen molar-refractivity contribution in [3.63, 3.8) is 0 Å². The molecule has 0 spiro atoms. The zero-order chi connectivity index (χ0) is 15.9. The largest absolute Gasteiger partial charge is 0.468 e. The van der Waals surface area contributed by atoms with Crippen LogP contribution < -0.4 is 10.6 Å². The molecule has 6 heteroatoms. The van der Waals surface area contributed by atoms with E-state index >= 15 is 0 Å². The number of hydrogen-bond donors (Lipinski definition) is 2. The monoisotopic (exact) mass is 333 g/mol. The van der Waals surface area contributed by atoms with E-state index in [1.54, 1.807) is 17.6 Å². The third kappa shape index (κ3) is 4.59. The lowest BCUT2D eigenvalue weighted by atomic mass is 10.2. The molecule has 0 aliphatic carbocycles. The smallest absolute Gasteiger partial charge is 0.314 e. The standard InChI is InChI=1S/C17H23N3O2S/c21-17(18-8-7-14-5-4-12-23-14)19-13-15(16-6-3-11-22-16)20-9-1-2-10-20/h3-6,11-12,15H,1-2,7-10,13H2,(H2,18,19,21)/t15-/m1/s1. The van der Waals surface area contributed by atoms with E-state index in [2.05, 4.69) is 27.0 Å². The second-order valence-corrected chi connectivity index (χ2v) is 6.77. The maximum Gasteiger partial charge on any atom is 0.314 e. The van der Waals surface area contributed by atoms with Crippen LogP contribution >= 0.6 is 11.3 Å². The minimum absolute atomic E-state index is 0.114. The van der Waals surface area contributed by atoms with Crippen LogP contribution in [0.25, 0.3) is 0 Å². The second kappa shape index (κ2) is 8.17. The van der Waals surface area contributed by atoms with Gasteiger partial charge in [0.25, 0.3) is 0 Å². The van der Waals surface area contributed by atoms with Gasteiger partial charge in [0.15, 0.2) is 0 Å². The summed E-state index contributed by atoms with van der Waals surface area (Å²) in [6, 6.07) is 8.01. The Kier molecular flexibility index (Phi) is 5.71. The molecule has 23 heavy (non-hydrogen) atoms. The highest BCUT2D eigenvalue weighted by Gasteiger charge is 2.25. The summed E-state index contributed by atoms with van der Waals surface area (Å²) in [7, 11) is 0. The van der Waals surface area contributed by atoms with Crippen LogP contribution in [-0.4, -0.2) is 37.1 Å². The van der Waals surface area contributed by atoms with Crippen LogP contribution in [0.5, 0.6) is 0 Å². The van der Waals surface area contributed by atoms with Crippen LogP contribution in [0.4, 0.5) is 4.79 Å². The lowest BCUT2D eigenvalue weighted by Crippen LogP contribution is -2.42. The molecule has 1 atom stereocenters. The van der Waals surface area contributed by atoms with Crippen molar-refractivity contribution < 1.29 is 9.21 Å². The molecule has 3 rings (SSSR count). The molecule has 2 aromatic rings. The van der Waals surface area contributed by atoms with Crippen LogP contribution in [0.15, 0.2) is 40.3 Å². The van der Waals surface area contributed by atoms with E-state index in [-0.39, 0.29) is 12.1 Å². The molecule has 0 unspecified atom stereocenters. The molecule has 0 aromatic carbocycles. The Morgan fingerprint density at radius 3 is 2.83 bits per heavy atom. The summed E-state index contributed by atoms with van der Waals surface area (Å²) < 4.78 is 5.56. The molecule has 0 radical (unpaired) electrons. The Bertz CT molecular complexity index is 577. The summed E-state index contributed by atoms with van der Waals surface area (Å²) in [5, 5.41) is 7.95. The van der Waals surface area contributed by atoms with Crippen LogP contribution in [0.1, 0.15) is 29.5 Å². The van der Waals surface area contributed by atoms with E-state index in [0.29, 0.717) is 13.1 Å². The Hall–Kier alpha value is -1.79. The zero-order valence-corrected chi connectivity index (χ0v) is 14.0. The zero-order valence-electron chi connectivity index (χ0n) is 13.2. The van der Waals surface area contributed by atoms with Gasteiger partial charge >= 0.3 is 6.03 Å². The van der Waals surface area contributed by atoms with Crippen LogP contribution in [0.2, 0.25) is 0 Å². The summed E-state index contributed by atoms with van der Waals surface area (Å²) in [6.07, 6.45) is 4.99. The van der Waals surface area contributed by atoms with Crippen LogP contribution in [-0.2, 0) is 6.42 Å². The summed E-state index contributed by atoms with van der Waals surface area (Å²) in [5.41, 5.74) is 0. The van der Waals surface area contributed by atoms with Gasteiger partial charge in [-0.25, -0.2) is 4.79 Å². The van der Waals surface area contributed by atoms with Crippen molar-refractivity contribution in [2.24, 2.45) is 0 Å². The van der Waals surface area contributed by atoms with E-state index in [9.17, 15) is 4.79 Å². The fraction of sp³-hybridized carbons (Fsp3) is 0.471. The molecule has 2 amide bonds. The predicted molar refractivity (Wildman–Crippen MR) is 91.7 cm³/mol. The highest BCUT2D eigenvalue weighted by molar-refractivity contribution is 7.09. The number of likely N-dealkylation sites (tertiary alicyclic amines) is 1. The highest BCUT2D eigenvalue weighted by atomic mass is 32.1. The minimum Gasteiger partial charge on any atom is -0.468 e. The highest BCUT2D eigenvalue weighted by Crippen LogP contribution is 2.24. The number of nitrogens with one attached hydrogen (secondary N) is 2. The van der Waals surface area contributed by atoms with Crippen molar-refractivity contribution in [1.82, 2.24) is 15.5 Å². The van der Waals surface area contributed by atoms with Gasteiger partial charge in [0.2, 0.25) is 0 Å². The number of carbonyl (C=O) groups excluding carboxylic acids is 1. The predicted octanol–water partition coefficient (Wildman–Crippen LogP) is 3.02. The molecule has 3 heterocycles. The minimum atomic E-state index is -0.114. The van der Waals surface area contributed by atoms with E-state index in [1.807, 2.05) is 18.2 Å². The third-order valence-corrected chi connectivity index (χ3v) is 5.08. The lowest BCUT2D eigenvalue weighted by Gasteiger charge is -2.26. The number of thiophene rings is 1. The average Bonchev–Trinajstić information content (AvgIpc) is 3.31. The number of amides is 2. The van der Waals surface area contributed by atoms with Crippen molar-refractivity contribution in [3.05, 3.63) is 46.5 Å². The first-order valence-corrected chi connectivity index (χ1v) is 9.02. The molecule has 124 valence electrons. The van der Waals surface area contributed by atoms with Crippen LogP contribution in [0.3, 0.4) is 0 Å². The van der Waals surface area contributed by atoms with Crippen molar-refractivity contribution in [2.45, 2.75) is 25.3 Å². The number of furan rings is 1. The van der Waals surface area contributed by atoms with Gasteiger partial charge in [0, 0.05) is 18.0 Å². The molecule has 1 fully saturated rings. The summed E-state index contributed by atoms with van der Waals surface area (Å²) in [5.74, 6) is 0.922. The molecule has 5 nitrogen and oxygen atoms in total. The van der Waals surface area contributed by atoms with Crippen LogP contribution in [0, 0.1) is 0 Å². The first-order chi connectivity index (χ1) is 11.3. The van der Waals surface area contributed by atoms with Gasteiger partial charge in [-0.15, -0.1) is 11.3 Å². The molecule has 2 aromatic heterocycles. The maximum absolute atomic E-state index is 12.0. The van der Waals surface area contributed by atoms with E-state index < -0.39 is 0 Å². The van der Waals surface area contributed by atoms with Gasteiger partial charge in [0.05, 0.1) is 12.3 Å². The third-order valence-electron chi connectivity index (χ3n) is 4.15. The molecule has 0 bridgehead atoms. The van der Waals surface area contributed by atoms with Crippen molar-refractivity contribution in [1.29, 1.82) is 0 Å². The molecule has 0 saturated carbocycles. The van der Waals surface area contributed by atoms with E-state index in [1.165, 1.54) is 17.7 Å². The second-order valence-electron chi connectivity index (χ2n) is 5.74. The number of urea groups is 1. The number of hydrogen-bond acceptors (Lipinski definition) is 4.